The van der Waals surface area contributed by atoms with Crippen LogP contribution in [0.25, 0.3) is 0 Å². The minimum Gasteiger partial charge on any atom is -0.348 e. The van der Waals surface area contributed by atoms with Gasteiger partial charge in [-0.05, 0) is 49.7 Å². The van der Waals surface area contributed by atoms with Crippen molar-refractivity contribution >= 4 is 33.2 Å². The van der Waals surface area contributed by atoms with Crippen LogP contribution in [0.4, 0.5) is 5.69 Å². The fourth-order valence-electron chi connectivity index (χ4n) is 3.03. The Kier molecular flexibility index (Phi) is 6.80. The van der Waals surface area contributed by atoms with E-state index in [0.717, 1.165) is 15.4 Å². The molecule has 156 valence electrons. The minimum atomic E-state index is -3.97. The first-order valence-corrected chi connectivity index (χ1v) is 11.3. The number of carbonyl (C=O) groups is 1. The Morgan fingerprint density at radius 2 is 1.67 bits per heavy atom. The average molecular weight is 443 g/mol. The van der Waals surface area contributed by atoms with Crippen LogP contribution in [0.15, 0.2) is 83.8 Å². The standard InChI is InChI=1S/C23H23ClN2O3S/c1-17-11-13-22(14-12-17)30(28,29)26(21-10-6-9-20(24)15-21)16-23(27)25-18(2)19-7-4-3-5-8-19/h3-15,18H,16H2,1-2H3,(H,25,27)/t18-/m1/s1. The van der Waals surface area contributed by atoms with Crippen molar-refractivity contribution in [2.24, 2.45) is 0 Å². The lowest BCUT2D eigenvalue weighted by molar-refractivity contribution is -0.120. The van der Waals surface area contributed by atoms with Gasteiger partial charge >= 0.3 is 0 Å². The van der Waals surface area contributed by atoms with E-state index in [4.69, 9.17) is 11.6 Å². The molecule has 0 aliphatic carbocycles. The van der Waals surface area contributed by atoms with Crippen LogP contribution >= 0.6 is 11.6 Å². The summed E-state index contributed by atoms with van der Waals surface area (Å²) in [7, 11) is -3.97. The van der Waals surface area contributed by atoms with Gasteiger partial charge in [0.25, 0.3) is 10.0 Å². The number of nitrogens with zero attached hydrogens (tertiary/aromatic N) is 1. The van der Waals surface area contributed by atoms with Crippen LogP contribution in [0, 0.1) is 6.92 Å². The van der Waals surface area contributed by atoms with E-state index in [1.165, 1.54) is 18.2 Å². The SMILES string of the molecule is Cc1ccc(S(=O)(=O)N(CC(=O)N[C@H](C)c2ccccc2)c2cccc(Cl)c2)cc1. The Labute approximate surface area is 182 Å². The number of aryl methyl sites for hydroxylation is 1. The van der Waals surface area contributed by atoms with Crippen molar-refractivity contribution in [3.05, 3.63) is 95.0 Å². The van der Waals surface area contributed by atoms with E-state index in [2.05, 4.69) is 5.32 Å². The quantitative estimate of drug-likeness (QED) is 0.575. The highest BCUT2D eigenvalue weighted by Gasteiger charge is 2.27. The molecule has 0 heterocycles. The molecule has 0 saturated heterocycles. The summed E-state index contributed by atoms with van der Waals surface area (Å²) in [5.74, 6) is -0.415. The average Bonchev–Trinajstić information content (AvgIpc) is 2.73. The molecule has 0 bridgehead atoms. The Morgan fingerprint density at radius 3 is 2.30 bits per heavy atom. The summed E-state index contributed by atoms with van der Waals surface area (Å²) in [6, 6.07) is 22.2. The number of rotatable bonds is 7. The molecule has 30 heavy (non-hydrogen) atoms. The smallest absolute Gasteiger partial charge is 0.264 e. The number of benzene rings is 3. The van der Waals surface area contributed by atoms with Crippen molar-refractivity contribution in [1.82, 2.24) is 5.32 Å². The Bertz CT molecular complexity index is 1120. The second-order valence-corrected chi connectivity index (χ2v) is 9.30. The summed E-state index contributed by atoms with van der Waals surface area (Å²) in [6.45, 7) is 3.36. The van der Waals surface area contributed by atoms with Gasteiger partial charge in [-0.3, -0.25) is 9.10 Å². The summed E-state index contributed by atoms with van der Waals surface area (Å²) in [5, 5.41) is 3.25. The van der Waals surface area contributed by atoms with E-state index in [1.807, 2.05) is 44.2 Å². The van der Waals surface area contributed by atoms with Gasteiger partial charge in [-0.25, -0.2) is 8.42 Å². The van der Waals surface area contributed by atoms with Crippen molar-refractivity contribution in [3.63, 3.8) is 0 Å². The molecule has 3 aromatic carbocycles. The van der Waals surface area contributed by atoms with Gasteiger partial charge in [0.15, 0.2) is 0 Å². The van der Waals surface area contributed by atoms with Crippen molar-refractivity contribution in [2.75, 3.05) is 10.8 Å². The molecular formula is C23H23ClN2O3S. The number of hydrogen-bond acceptors (Lipinski definition) is 3. The molecule has 3 rings (SSSR count). The summed E-state index contributed by atoms with van der Waals surface area (Å²) < 4.78 is 27.8. The van der Waals surface area contributed by atoms with E-state index in [9.17, 15) is 13.2 Å². The molecule has 0 radical (unpaired) electrons. The monoisotopic (exact) mass is 442 g/mol. The highest BCUT2D eigenvalue weighted by atomic mass is 35.5. The molecule has 0 aliphatic rings. The van der Waals surface area contributed by atoms with Crippen molar-refractivity contribution < 1.29 is 13.2 Å². The maximum absolute atomic E-state index is 13.3. The first-order valence-electron chi connectivity index (χ1n) is 9.46. The van der Waals surface area contributed by atoms with E-state index < -0.39 is 15.9 Å². The molecule has 0 fully saturated rings. The molecule has 7 heteroatoms. The third-order valence-corrected chi connectivity index (χ3v) is 6.69. The maximum atomic E-state index is 13.3. The van der Waals surface area contributed by atoms with Gasteiger partial charge in [0.1, 0.15) is 6.54 Å². The molecule has 0 aromatic heterocycles. The normalized spacial score (nSPS) is 12.2. The largest absolute Gasteiger partial charge is 0.348 e. The zero-order valence-corrected chi connectivity index (χ0v) is 18.3. The third kappa shape index (κ3) is 5.20. The van der Waals surface area contributed by atoms with Crippen LogP contribution in [0.3, 0.4) is 0 Å². The van der Waals surface area contributed by atoms with Gasteiger partial charge in [0.05, 0.1) is 16.6 Å². The second-order valence-electron chi connectivity index (χ2n) is 7.00. The maximum Gasteiger partial charge on any atom is 0.264 e. The van der Waals surface area contributed by atoms with Crippen LogP contribution in [0.2, 0.25) is 5.02 Å². The fraction of sp³-hybridized carbons (Fsp3) is 0.174. The molecular weight excluding hydrogens is 420 g/mol. The van der Waals surface area contributed by atoms with E-state index in [0.29, 0.717) is 10.7 Å². The van der Waals surface area contributed by atoms with Crippen molar-refractivity contribution in [1.29, 1.82) is 0 Å². The van der Waals surface area contributed by atoms with Crippen LogP contribution in [0.5, 0.6) is 0 Å². The van der Waals surface area contributed by atoms with Crippen molar-refractivity contribution in [3.8, 4) is 0 Å². The topological polar surface area (TPSA) is 66.5 Å². The van der Waals surface area contributed by atoms with Crippen LogP contribution in [-0.2, 0) is 14.8 Å². The molecule has 1 N–H and O–H groups in total. The second kappa shape index (κ2) is 9.32. The number of hydrogen-bond donors (Lipinski definition) is 1. The number of carbonyl (C=O) groups excluding carboxylic acids is 1. The van der Waals surface area contributed by atoms with Gasteiger partial charge in [-0.15, -0.1) is 0 Å². The van der Waals surface area contributed by atoms with Crippen LogP contribution in [-0.4, -0.2) is 20.9 Å². The molecule has 3 aromatic rings. The number of halogens is 1. The van der Waals surface area contributed by atoms with Gasteiger partial charge < -0.3 is 5.32 Å². The Morgan fingerprint density at radius 1 is 1.00 bits per heavy atom. The summed E-state index contributed by atoms with van der Waals surface area (Å²) in [4.78, 5) is 12.9. The van der Waals surface area contributed by atoms with Gasteiger partial charge in [0.2, 0.25) is 5.91 Å². The van der Waals surface area contributed by atoms with Gasteiger partial charge in [-0.1, -0.05) is 65.7 Å². The highest BCUT2D eigenvalue weighted by molar-refractivity contribution is 7.92. The molecule has 0 unspecified atom stereocenters. The van der Waals surface area contributed by atoms with Gasteiger partial charge in [-0.2, -0.15) is 0 Å². The van der Waals surface area contributed by atoms with E-state index in [-0.39, 0.29) is 17.5 Å². The van der Waals surface area contributed by atoms with Crippen molar-refractivity contribution in [2.45, 2.75) is 24.8 Å². The molecule has 5 nitrogen and oxygen atoms in total. The number of sulfonamides is 1. The molecule has 1 amide bonds. The molecule has 0 spiro atoms. The number of anilines is 1. The molecule has 1 atom stereocenters. The van der Waals surface area contributed by atoms with E-state index in [1.54, 1.807) is 30.3 Å². The summed E-state index contributed by atoms with van der Waals surface area (Å²) in [6.07, 6.45) is 0. The fourth-order valence-corrected chi connectivity index (χ4v) is 4.62. The number of amides is 1. The minimum absolute atomic E-state index is 0.108. The third-order valence-electron chi connectivity index (χ3n) is 4.67. The summed E-state index contributed by atoms with van der Waals surface area (Å²) >= 11 is 6.08. The van der Waals surface area contributed by atoms with Crippen LogP contribution in [0.1, 0.15) is 24.1 Å². The van der Waals surface area contributed by atoms with E-state index >= 15 is 0 Å². The van der Waals surface area contributed by atoms with Crippen LogP contribution < -0.4 is 9.62 Å². The Balaban J connectivity index is 1.90. The Hall–Kier alpha value is -2.83. The lowest BCUT2D eigenvalue weighted by atomic mass is 10.1. The lowest BCUT2D eigenvalue weighted by Crippen LogP contribution is -2.41. The number of nitrogens with one attached hydrogen (secondary N) is 1. The zero-order chi connectivity index (χ0) is 21.7. The zero-order valence-electron chi connectivity index (χ0n) is 16.7. The predicted molar refractivity (Wildman–Crippen MR) is 120 cm³/mol. The first-order chi connectivity index (χ1) is 14.3. The predicted octanol–water partition coefficient (Wildman–Crippen LogP) is 4.72. The first kappa shape index (κ1) is 21.9. The molecule has 0 aliphatic heterocycles. The highest BCUT2D eigenvalue weighted by Crippen LogP contribution is 2.26. The van der Waals surface area contributed by atoms with Gasteiger partial charge in [0, 0.05) is 5.02 Å². The molecule has 0 saturated carbocycles. The summed E-state index contributed by atoms with van der Waals surface area (Å²) in [5.41, 5.74) is 2.20. The lowest BCUT2D eigenvalue weighted by Gasteiger charge is -2.25.